The summed E-state index contributed by atoms with van der Waals surface area (Å²) in [5.41, 5.74) is 3.21. The second-order valence-corrected chi connectivity index (χ2v) is 6.30. The molecule has 120 valence electrons. The summed E-state index contributed by atoms with van der Waals surface area (Å²) in [5, 5.41) is 2.83. The molecule has 3 nitrogen and oxygen atoms in total. The molecule has 1 amide bonds. The predicted molar refractivity (Wildman–Crippen MR) is 91.7 cm³/mol. The lowest BCUT2D eigenvalue weighted by Gasteiger charge is -2.10. The van der Waals surface area contributed by atoms with Gasteiger partial charge in [-0.05, 0) is 50.1 Å². The van der Waals surface area contributed by atoms with Gasteiger partial charge in [0, 0.05) is 16.1 Å². The van der Waals surface area contributed by atoms with Gasteiger partial charge in [-0.3, -0.25) is 9.59 Å². The third kappa shape index (κ3) is 4.42. The third-order valence-electron chi connectivity index (χ3n) is 3.58. The van der Waals surface area contributed by atoms with Crippen molar-refractivity contribution in [2.45, 2.75) is 25.7 Å². The number of rotatable bonds is 5. The molecule has 2 rings (SSSR count). The molecule has 2 aromatic rings. The third-order valence-corrected chi connectivity index (χ3v) is 4.62. The van der Waals surface area contributed by atoms with Crippen molar-refractivity contribution in [3.8, 4) is 0 Å². The van der Waals surface area contributed by atoms with E-state index in [2.05, 4.69) is 5.32 Å². The SMILES string of the molecule is CC(=O)c1ccc(SCC(=O)Nc2cccc(C)c2C)c(F)c1. The number of carbonyl (C=O) groups excluding carboxylic acids is 2. The number of aryl methyl sites for hydroxylation is 1. The maximum atomic E-state index is 13.9. The lowest BCUT2D eigenvalue weighted by atomic mass is 10.1. The molecule has 0 aliphatic heterocycles. The second kappa shape index (κ2) is 7.42. The van der Waals surface area contributed by atoms with Crippen LogP contribution in [0, 0.1) is 19.7 Å². The number of hydrogen-bond donors (Lipinski definition) is 1. The van der Waals surface area contributed by atoms with E-state index >= 15 is 0 Å². The molecule has 0 radical (unpaired) electrons. The molecule has 0 aliphatic rings. The standard InChI is InChI=1S/C18H18FNO2S/c1-11-5-4-6-16(12(11)2)20-18(22)10-23-17-8-7-14(13(3)21)9-15(17)19/h4-9H,10H2,1-3H3,(H,20,22). The summed E-state index contributed by atoms with van der Waals surface area (Å²) in [4.78, 5) is 23.6. The van der Waals surface area contributed by atoms with E-state index in [1.165, 1.54) is 19.1 Å². The Kier molecular flexibility index (Phi) is 5.55. The van der Waals surface area contributed by atoms with Crippen molar-refractivity contribution in [2.75, 3.05) is 11.1 Å². The zero-order valence-corrected chi connectivity index (χ0v) is 14.1. The minimum absolute atomic E-state index is 0.101. The topological polar surface area (TPSA) is 46.2 Å². The fourth-order valence-electron chi connectivity index (χ4n) is 2.05. The quantitative estimate of drug-likeness (QED) is 0.653. The van der Waals surface area contributed by atoms with Crippen molar-refractivity contribution in [3.05, 3.63) is 58.9 Å². The maximum Gasteiger partial charge on any atom is 0.234 e. The van der Waals surface area contributed by atoms with Gasteiger partial charge in [0.2, 0.25) is 5.91 Å². The van der Waals surface area contributed by atoms with Gasteiger partial charge in [-0.25, -0.2) is 4.39 Å². The number of carbonyl (C=O) groups is 2. The van der Waals surface area contributed by atoms with Gasteiger partial charge in [-0.2, -0.15) is 0 Å². The van der Waals surface area contributed by atoms with Crippen molar-refractivity contribution >= 4 is 29.1 Å². The van der Waals surface area contributed by atoms with Crippen LogP contribution in [0.1, 0.15) is 28.4 Å². The highest BCUT2D eigenvalue weighted by Crippen LogP contribution is 2.24. The molecule has 0 atom stereocenters. The van der Waals surface area contributed by atoms with E-state index < -0.39 is 5.82 Å². The first-order valence-corrected chi connectivity index (χ1v) is 8.16. The Morgan fingerprint density at radius 1 is 1.17 bits per heavy atom. The van der Waals surface area contributed by atoms with Crippen LogP contribution in [0.25, 0.3) is 0 Å². The molecule has 0 bridgehead atoms. The molecule has 0 saturated carbocycles. The molecular formula is C18H18FNO2S. The van der Waals surface area contributed by atoms with Crippen molar-refractivity contribution in [1.29, 1.82) is 0 Å². The average molecular weight is 331 g/mol. The van der Waals surface area contributed by atoms with E-state index in [1.807, 2.05) is 32.0 Å². The van der Waals surface area contributed by atoms with Crippen LogP contribution in [0.2, 0.25) is 0 Å². The lowest BCUT2D eigenvalue weighted by molar-refractivity contribution is -0.113. The normalized spacial score (nSPS) is 10.4. The maximum absolute atomic E-state index is 13.9. The number of hydrogen-bond acceptors (Lipinski definition) is 3. The van der Waals surface area contributed by atoms with Crippen molar-refractivity contribution in [3.63, 3.8) is 0 Å². The van der Waals surface area contributed by atoms with Crippen LogP contribution in [-0.2, 0) is 4.79 Å². The number of ketones is 1. The van der Waals surface area contributed by atoms with Crippen LogP contribution in [0.3, 0.4) is 0 Å². The fraction of sp³-hybridized carbons (Fsp3) is 0.222. The van der Waals surface area contributed by atoms with Gasteiger partial charge in [0.15, 0.2) is 5.78 Å². The van der Waals surface area contributed by atoms with Gasteiger partial charge in [0.05, 0.1) is 5.75 Å². The molecule has 0 aromatic heterocycles. The highest BCUT2D eigenvalue weighted by Gasteiger charge is 2.10. The van der Waals surface area contributed by atoms with E-state index in [4.69, 9.17) is 0 Å². The average Bonchev–Trinajstić information content (AvgIpc) is 2.50. The minimum Gasteiger partial charge on any atom is -0.325 e. The summed E-state index contributed by atoms with van der Waals surface area (Å²) in [6.45, 7) is 5.31. The van der Waals surface area contributed by atoms with E-state index in [1.54, 1.807) is 6.07 Å². The Hall–Kier alpha value is -2.14. The van der Waals surface area contributed by atoms with Gasteiger partial charge in [-0.1, -0.05) is 18.2 Å². The molecule has 0 saturated heterocycles. The zero-order valence-electron chi connectivity index (χ0n) is 13.3. The summed E-state index contributed by atoms with van der Waals surface area (Å²) in [5.74, 6) is -0.766. The Balaban J connectivity index is 1.99. The molecule has 0 heterocycles. The van der Waals surface area contributed by atoms with E-state index in [0.29, 0.717) is 10.5 Å². The van der Waals surface area contributed by atoms with Gasteiger partial charge in [-0.15, -0.1) is 11.8 Å². The van der Waals surface area contributed by atoms with E-state index in [9.17, 15) is 14.0 Å². The first kappa shape index (κ1) is 17.2. The molecule has 0 unspecified atom stereocenters. The van der Waals surface area contributed by atoms with Gasteiger partial charge in [0.25, 0.3) is 0 Å². The predicted octanol–water partition coefficient (Wildman–Crippen LogP) is 4.38. The number of thioether (sulfide) groups is 1. The van der Waals surface area contributed by atoms with E-state index in [0.717, 1.165) is 28.6 Å². The van der Waals surface area contributed by atoms with Crippen molar-refractivity contribution in [1.82, 2.24) is 0 Å². The van der Waals surface area contributed by atoms with Crippen molar-refractivity contribution in [2.24, 2.45) is 0 Å². The summed E-state index contributed by atoms with van der Waals surface area (Å²) in [7, 11) is 0. The van der Waals surface area contributed by atoms with Crippen LogP contribution in [0.15, 0.2) is 41.3 Å². The minimum atomic E-state index is -0.484. The Morgan fingerprint density at radius 2 is 1.91 bits per heavy atom. The Labute approximate surface area is 139 Å². The second-order valence-electron chi connectivity index (χ2n) is 5.29. The van der Waals surface area contributed by atoms with Crippen LogP contribution in [0.5, 0.6) is 0 Å². The molecule has 0 aliphatic carbocycles. The van der Waals surface area contributed by atoms with Crippen LogP contribution < -0.4 is 5.32 Å². The Morgan fingerprint density at radius 3 is 2.57 bits per heavy atom. The first-order chi connectivity index (χ1) is 10.9. The van der Waals surface area contributed by atoms with Crippen LogP contribution >= 0.6 is 11.8 Å². The van der Waals surface area contributed by atoms with Crippen LogP contribution in [0.4, 0.5) is 10.1 Å². The van der Waals surface area contributed by atoms with Gasteiger partial charge in [0.1, 0.15) is 5.82 Å². The number of Topliss-reactive ketones (excluding diaryl/α,β-unsaturated/α-hetero) is 1. The molecule has 23 heavy (non-hydrogen) atoms. The summed E-state index contributed by atoms with van der Waals surface area (Å²) in [6, 6.07) is 10.00. The molecular weight excluding hydrogens is 313 g/mol. The van der Waals surface area contributed by atoms with Crippen molar-refractivity contribution < 1.29 is 14.0 Å². The molecule has 5 heteroatoms. The number of benzene rings is 2. The highest BCUT2D eigenvalue weighted by molar-refractivity contribution is 8.00. The lowest BCUT2D eigenvalue weighted by Crippen LogP contribution is -2.15. The highest BCUT2D eigenvalue weighted by atomic mass is 32.2. The first-order valence-electron chi connectivity index (χ1n) is 7.18. The monoisotopic (exact) mass is 331 g/mol. The van der Waals surface area contributed by atoms with Gasteiger partial charge < -0.3 is 5.32 Å². The van der Waals surface area contributed by atoms with Gasteiger partial charge >= 0.3 is 0 Å². The molecule has 1 N–H and O–H groups in total. The smallest absolute Gasteiger partial charge is 0.234 e. The summed E-state index contributed by atoms with van der Waals surface area (Å²) >= 11 is 1.11. The molecule has 0 fully saturated rings. The number of halogens is 1. The number of nitrogens with one attached hydrogen (secondary N) is 1. The fourth-order valence-corrected chi connectivity index (χ4v) is 2.77. The van der Waals surface area contributed by atoms with E-state index in [-0.39, 0.29) is 17.4 Å². The Bertz CT molecular complexity index is 759. The number of anilines is 1. The summed E-state index contributed by atoms with van der Waals surface area (Å²) in [6.07, 6.45) is 0. The van der Waals surface area contributed by atoms with Crippen LogP contribution in [-0.4, -0.2) is 17.4 Å². The molecule has 2 aromatic carbocycles. The molecule has 0 spiro atoms. The summed E-state index contributed by atoms with van der Waals surface area (Å²) < 4.78 is 13.9. The largest absolute Gasteiger partial charge is 0.325 e. The number of amides is 1. The zero-order chi connectivity index (χ0) is 17.0.